The van der Waals surface area contributed by atoms with Crippen molar-refractivity contribution in [2.75, 3.05) is 6.54 Å². The van der Waals surface area contributed by atoms with E-state index in [2.05, 4.69) is 32.2 Å². The van der Waals surface area contributed by atoms with E-state index in [1.807, 2.05) is 0 Å². The van der Waals surface area contributed by atoms with Crippen LogP contribution >= 0.6 is 0 Å². The lowest BCUT2D eigenvalue weighted by Gasteiger charge is -2.19. The number of rotatable bonds is 5. The lowest BCUT2D eigenvalue weighted by atomic mass is 10.0. The third-order valence-corrected chi connectivity index (χ3v) is 1.89. The van der Waals surface area contributed by atoms with E-state index in [0.717, 1.165) is 13.0 Å². The summed E-state index contributed by atoms with van der Waals surface area (Å²) in [4.78, 5) is 0. The first-order valence-electron chi connectivity index (χ1n) is 4.32. The van der Waals surface area contributed by atoms with Crippen molar-refractivity contribution in [1.29, 1.82) is 5.26 Å². The predicted molar refractivity (Wildman–Crippen MR) is 47.1 cm³/mol. The van der Waals surface area contributed by atoms with E-state index >= 15 is 0 Å². The highest BCUT2D eigenvalue weighted by atomic mass is 14.9. The molecule has 0 aromatic rings. The van der Waals surface area contributed by atoms with Crippen molar-refractivity contribution in [3.63, 3.8) is 0 Å². The van der Waals surface area contributed by atoms with E-state index in [9.17, 15) is 0 Å². The van der Waals surface area contributed by atoms with Gasteiger partial charge in [-0.3, -0.25) is 0 Å². The van der Waals surface area contributed by atoms with Crippen LogP contribution in [0.15, 0.2) is 0 Å². The summed E-state index contributed by atoms with van der Waals surface area (Å²) in [6.45, 7) is 7.40. The number of hydrogen-bond acceptors (Lipinski definition) is 2. The fourth-order valence-corrected chi connectivity index (χ4v) is 1.16. The molecule has 2 heteroatoms. The second-order valence-electron chi connectivity index (χ2n) is 3.12. The van der Waals surface area contributed by atoms with Gasteiger partial charge in [0.25, 0.3) is 0 Å². The van der Waals surface area contributed by atoms with Crippen LogP contribution in [0.4, 0.5) is 0 Å². The molecule has 0 spiro atoms. The highest BCUT2D eigenvalue weighted by molar-refractivity contribution is 4.74. The van der Waals surface area contributed by atoms with E-state index < -0.39 is 0 Å². The van der Waals surface area contributed by atoms with E-state index in [1.165, 1.54) is 0 Å². The Bertz CT molecular complexity index is 124. The topological polar surface area (TPSA) is 35.8 Å². The van der Waals surface area contributed by atoms with Crippen molar-refractivity contribution < 1.29 is 0 Å². The minimum absolute atomic E-state index is 0.573. The average molecular weight is 154 g/mol. The monoisotopic (exact) mass is 154 g/mol. The Morgan fingerprint density at radius 1 is 1.45 bits per heavy atom. The summed E-state index contributed by atoms with van der Waals surface area (Å²) in [5.41, 5.74) is 0. The maximum atomic E-state index is 8.30. The molecule has 0 saturated carbocycles. The fourth-order valence-electron chi connectivity index (χ4n) is 1.16. The van der Waals surface area contributed by atoms with Gasteiger partial charge in [0.2, 0.25) is 0 Å². The summed E-state index contributed by atoms with van der Waals surface area (Å²) in [7, 11) is 0. The lowest BCUT2D eigenvalue weighted by Crippen LogP contribution is -2.33. The third kappa shape index (κ3) is 4.80. The number of hydrogen-bond donors (Lipinski definition) is 1. The predicted octanol–water partition coefficient (Wildman–Crippen LogP) is 1.92. The second-order valence-corrected chi connectivity index (χ2v) is 3.12. The molecule has 0 amide bonds. The van der Waals surface area contributed by atoms with Crippen molar-refractivity contribution in [2.45, 2.75) is 39.7 Å². The smallest absolute Gasteiger partial charge is 0.0635 e. The van der Waals surface area contributed by atoms with Crippen LogP contribution in [0, 0.1) is 17.2 Å². The summed E-state index contributed by atoms with van der Waals surface area (Å²) < 4.78 is 0. The van der Waals surface area contributed by atoms with Gasteiger partial charge in [0.15, 0.2) is 0 Å². The maximum Gasteiger partial charge on any atom is 0.0635 e. The van der Waals surface area contributed by atoms with Crippen molar-refractivity contribution in [3.8, 4) is 6.07 Å². The summed E-state index contributed by atoms with van der Waals surface area (Å²) in [6, 6.07) is 2.70. The molecule has 0 bridgehead atoms. The van der Waals surface area contributed by atoms with Gasteiger partial charge in [0.1, 0.15) is 0 Å². The van der Waals surface area contributed by atoms with Crippen LogP contribution in [0.1, 0.15) is 33.6 Å². The zero-order valence-electron chi connectivity index (χ0n) is 7.72. The first-order valence-corrected chi connectivity index (χ1v) is 4.32. The number of nitrogens with one attached hydrogen (secondary N) is 1. The van der Waals surface area contributed by atoms with Crippen LogP contribution in [0.3, 0.4) is 0 Å². The van der Waals surface area contributed by atoms with E-state index in [4.69, 9.17) is 5.26 Å². The maximum absolute atomic E-state index is 8.30. The SMILES string of the molecule is CCC(NCCC#N)C(C)C. The van der Waals surface area contributed by atoms with Crippen molar-refractivity contribution in [1.82, 2.24) is 5.32 Å². The summed E-state index contributed by atoms with van der Waals surface area (Å²) >= 11 is 0. The zero-order chi connectivity index (χ0) is 8.69. The molecule has 0 rings (SSSR count). The molecular weight excluding hydrogens is 136 g/mol. The van der Waals surface area contributed by atoms with Crippen LogP contribution in [-0.4, -0.2) is 12.6 Å². The molecular formula is C9H18N2. The quantitative estimate of drug-likeness (QED) is 0.614. The van der Waals surface area contributed by atoms with Gasteiger partial charge in [-0.25, -0.2) is 0 Å². The Morgan fingerprint density at radius 2 is 2.09 bits per heavy atom. The molecule has 2 nitrogen and oxygen atoms in total. The van der Waals surface area contributed by atoms with Gasteiger partial charge in [-0.1, -0.05) is 20.8 Å². The Labute approximate surface area is 69.6 Å². The van der Waals surface area contributed by atoms with Gasteiger partial charge in [0.05, 0.1) is 6.07 Å². The molecule has 1 atom stereocenters. The molecule has 0 heterocycles. The van der Waals surface area contributed by atoms with Crippen molar-refractivity contribution in [3.05, 3.63) is 0 Å². The molecule has 0 saturated heterocycles. The zero-order valence-corrected chi connectivity index (χ0v) is 7.72. The van der Waals surface area contributed by atoms with Gasteiger partial charge in [-0.05, 0) is 12.3 Å². The van der Waals surface area contributed by atoms with Crippen molar-refractivity contribution in [2.24, 2.45) is 5.92 Å². The first-order chi connectivity index (χ1) is 5.22. The van der Waals surface area contributed by atoms with E-state index in [0.29, 0.717) is 18.4 Å². The second kappa shape index (κ2) is 6.18. The molecule has 1 N–H and O–H groups in total. The van der Waals surface area contributed by atoms with Crippen LogP contribution in [-0.2, 0) is 0 Å². The molecule has 64 valence electrons. The third-order valence-electron chi connectivity index (χ3n) is 1.89. The lowest BCUT2D eigenvalue weighted by molar-refractivity contribution is 0.393. The Kier molecular flexibility index (Phi) is 5.87. The van der Waals surface area contributed by atoms with Crippen molar-refractivity contribution >= 4 is 0 Å². The van der Waals surface area contributed by atoms with Gasteiger partial charge in [-0.2, -0.15) is 5.26 Å². The number of nitrogens with zero attached hydrogens (tertiary/aromatic N) is 1. The Balaban J connectivity index is 3.46. The minimum Gasteiger partial charge on any atom is -0.313 e. The number of nitriles is 1. The van der Waals surface area contributed by atoms with Crippen LogP contribution < -0.4 is 5.32 Å². The highest BCUT2D eigenvalue weighted by Crippen LogP contribution is 2.04. The largest absolute Gasteiger partial charge is 0.313 e. The van der Waals surface area contributed by atoms with Gasteiger partial charge < -0.3 is 5.32 Å². The summed E-state index contributed by atoms with van der Waals surface area (Å²) in [5.74, 6) is 0.665. The summed E-state index contributed by atoms with van der Waals surface area (Å²) in [6.07, 6.45) is 1.76. The molecule has 11 heavy (non-hydrogen) atoms. The van der Waals surface area contributed by atoms with Crippen LogP contribution in [0.5, 0.6) is 0 Å². The normalized spacial score (nSPS) is 13.0. The molecule has 0 aromatic carbocycles. The average Bonchev–Trinajstić information content (AvgIpc) is 1.97. The highest BCUT2D eigenvalue weighted by Gasteiger charge is 2.08. The minimum atomic E-state index is 0.573. The molecule has 0 radical (unpaired) electrons. The molecule has 0 aliphatic rings. The van der Waals surface area contributed by atoms with Gasteiger partial charge >= 0.3 is 0 Å². The standard InChI is InChI=1S/C9H18N2/c1-4-9(8(2)3)11-7-5-6-10/h8-9,11H,4-5,7H2,1-3H3. The molecule has 0 aromatic heterocycles. The molecule has 1 unspecified atom stereocenters. The van der Waals surface area contributed by atoms with E-state index in [1.54, 1.807) is 0 Å². The molecule has 0 fully saturated rings. The molecule has 0 aliphatic carbocycles. The summed E-state index contributed by atoms with van der Waals surface area (Å²) in [5, 5.41) is 11.6. The molecule has 0 aliphatic heterocycles. The Morgan fingerprint density at radius 3 is 2.45 bits per heavy atom. The van der Waals surface area contributed by atoms with Gasteiger partial charge in [0, 0.05) is 19.0 Å². The Hall–Kier alpha value is -0.550. The fraction of sp³-hybridized carbons (Fsp3) is 0.889. The van der Waals surface area contributed by atoms with Crippen LogP contribution in [0.2, 0.25) is 0 Å². The first kappa shape index (κ1) is 10.4. The van der Waals surface area contributed by atoms with Crippen LogP contribution in [0.25, 0.3) is 0 Å². The van der Waals surface area contributed by atoms with E-state index in [-0.39, 0.29) is 0 Å². The van der Waals surface area contributed by atoms with Gasteiger partial charge in [-0.15, -0.1) is 0 Å².